The first-order valence-corrected chi connectivity index (χ1v) is 6.04. The van der Waals surface area contributed by atoms with Gasteiger partial charge in [-0.1, -0.05) is 13.8 Å². The Morgan fingerprint density at radius 1 is 1.50 bits per heavy atom. The Labute approximate surface area is 115 Å². The molecule has 0 saturated heterocycles. The second kappa shape index (κ2) is 6.18. The molecule has 1 heterocycles. The van der Waals surface area contributed by atoms with Crippen LogP contribution in [-0.2, 0) is 11.8 Å². The fourth-order valence-electron chi connectivity index (χ4n) is 1.84. The van der Waals surface area contributed by atoms with Gasteiger partial charge in [-0.05, 0) is 5.92 Å². The molecule has 1 N–H and O–H groups in total. The maximum Gasteiger partial charge on any atom is 0.323 e. The molecule has 0 saturated carbocycles. The summed E-state index contributed by atoms with van der Waals surface area (Å²) in [4.78, 5) is 34.4. The van der Waals surface area contributed by atoms with Gasteiger partial charge in [0, 0.05) is 19.7 Å². The van der Waals surface area contributed by atoms with Gasteiger partial charge in [0.05, 0.1) is 11.1 Å². The van der Waals surface area contributed by atoms with Crippen molar-refractivity contribution in [2.45, 2.75) is 13.8 Å². The van der Waals surface area contributed by atoms with Gasteiger partial charge >= 0.3 is 5.97 Å². The van der Waals surface area contributed by atoms with Gasteiger partial charge < -0.3 is 14.6 Å². The molecule has 0 aromatic carbocycles. The predicted molar refractivity (Wildman–Crippen MR) is 70.4 cm³/mol. The zero-order chi connectivity index (χ0) is 15.4. The number of aryl methyl sites for hydroxylation is 1. The number of nitrogens with zero attached hydrogens (tertiary/aromatic N) is 3. The van der Waals surface area contributed by atoms with Crippen LogP contribution in [0.15, 0.2) is 12.3 Å². The summed E-state index contributed by atoms with van der Waals surface area (Å²) in [5.41, 5.74) is -0.103. The number of amides is 1. The van der Waals surface area contributed by atoms with E-state index >= 15 is 0 Å². The number of carboxylic acid groups (broad SMARTS) is 1. The molecular formula is C12H17N3O5. The van der Waals surface area contributed by atoms with Crippen LogP contribution in [0.25, 0.3) is 0 Å². The van der Waals surface area contributed by atoms with Gasteiger partial charge in [-0.25, -0.2) is 0 Å². The normalized spacial score (nSPS) is 10.6. The second-order valence-corrected chi connectivity index (χ2v) is 4.92. The Kier molecular flexibility index (Phi) is 4.84. The average Bonchev–Trinajstić information content (AvgIpc) is 2.68. The van der Waals surface area contributed by atoms with E-state index in [-0.39, 0.29) is 23.8 Å². The summed E-state index contributed by atoms with van der Waals surface area (Å²) in [6.45, 7) is 3.55. The summed E-state index contributed by atoms with van der Waals surface area (Å²) >= 11 is 0. The SMILES string of the molecule is CC(C)CN(CC(=O)O)C(=O)c1cc([N+](=O)[O-])cn1C. The maximum absolute atomic E-state index is 12.3. The van der Waals surface area contributed by atoms with E-state index < -0.39 is 23.3 Å². The third kappa shape index (κ3) is 3.81. The summed E-state index contributed by atoms with van der Waals surface area (Å²) in [5, 5.41) is 19.5. The Morgan fingerprint density at radius 3 is 2.50 bits per heavy atom. The highest BCUT2D eigenvalue weighted by Crippen LogP contribution is 2.17. The van der Waals surface area contributed by atoms with Crippen LogP contribution in [-0.4, -0.2) is 44.5 Å². The van der Waals surface area contributed by atoms with Crippen LogP contribution < -0.4 is 0 Å². The second-order valence-electron chi connectivity index (χ2n) is 4.92. The Hall–Kier alpha value is -2.38. The first kappa shape index (κ1) is 15.7. The average molecular weight is 283 g/mol. The minimum Gasteiger partial charge on any atom is -0.480 e. The standard InChI is InChI=1S/C12H17N3O5/c1-8(2)5-14(7-11(16)17)12(18)10-4-9(15(19)20)6-13(10)3/h4,6,8H,5,7H2,1-3H3,(H,16,17). The summed E-state index contributed by atoms with van der Waals surface area (Å²) < 4.78 is 1.33. The molecule has 0 unspecified atom stereocenters. The number of aromatic nitrogens is 1. The molecule has 0 atom stereocenters. The predicted octanol–water partition coefficient (Wildman–Crippen LogP) is 1.12. The lowest BCUT2D eigenvalue weighted by atomic mass is 10.2. The molecule has 0 spiro atoms. The van der Waals surface area contributed by atoms with Crippen molar-refractivity contribution in [2.24, 2.45) is 13.0 Å². The molecule has 8 nitrogen and oxygen atoms in total. The molecule has 0 aliphatic heterocycles. The molecule has 0 fully saturated rings. The van der Waals surface area contributed by atoms with Crippen molar-refractivity contribution in [3.8, 4) is 0 Å². The molecule has 1 amide bonds. The van der Waals surface area contributed by atoms with Crippen LogP contribution in [0, 0.1) is 16.0 Å². The number of carboxylic acids is 1. The molecule has 1 rings (SSSR count). The van der Waals surface area contributed by atoms with Crippen molar-refractivity contribution in [1.29, 1.82) is 0 Å². The Bertz CT molecular complexity index is 535. The number of carbonyl (C=O) groups excluding carboxylic acids is 1. The Balaban J connectivity index is 3.04. The highest BCUT2D eigenvalue weighted by molar-refractivity contribution is 5.95. The third-order valence-corrected chi connectivity index (χ3v) is 2.62. The van der Waals surface area contributed by atoms with Crippen molar-refractivity contribution < 1.29 is 19.6 Å². The minimum absolute atomic E-state index is 0.0913. The molecule has 0 aliphatic rings. The summed E-state index contributed by atoms with van der Waals surface area (Å²) in [7, 11) is 1.51. The molecule has 0 bridgehead atoms. The highest BCUT2D eigenvalue weighted by atomic mass is 16.6. The summed E-state index contributed by atoms with van der Waals surface area (Å²) in [5.74, 6) is -1.56. The van der Waals surface area contributed by atoms with Gasteiger partial charge in [0.1, 0.15) is 12.2 Å². The molecule has 20 heavy (non-hydrogen) atoms. The molecule has 8 heteroatoms. The van der Waals surface area contributed by atoms with Crippen LogP contribution in [0.2, 0.25) is 0 Å². The van der Waals surface area contributed by atoms with Gasteiger partial charge in [0.25, 0.3) is 11.6 Å². The maximum atomic E-state index is 12.3. The first-order chi connectivity index (χ1) is 9.22. The van der Waals surface area contributed by atoms with Crippen LogP contribution in [0.4, 0.5) is 5.69 Å². The van der Waals surface area contributed by atoms with E-state index in [1.54, 1.807) is 0 Å². The smallest absolute Gasteiger partial charge is 0.323 e. The van der Waals surface area contributed by atoms with E-state index in [2.05, 4.69) is 0 Å². The lowest BCUT2D eigenvalue weighted by Gasteiger charge is -2.22. The molecule has 0 aliphatic carbocycles. The van der Waals surface area contributed by atoms with Crippen LogP contribution in [0.5, 0.6) is 0 Å². The zero-order valence-electron chi connectivity index (χ0n) is 11.6. The van der Waals surface area contributed by atoms with Crippen molar-refractivity contribution in [1.82, 2.24) is 9.47 Å². The van der Waals surface area contributed by atoms with Gasteiger partial charge in [-0.15, -0.1) is 0 Å². The Morgan fingerprint density at radius 2 is 2.10 bits per heavy atom. The summed E-state index contributed by atoms with van der Waals surface area (Å²) in [6, 6.07) is 1.15. The molecule has 110 valence electrons. The number of nitro groups is 1. The van der Waals surface area contributed by atoms with Crippen molar-refractivity contribution in [3.63, 3.8) is 0 Å². The lowest BCUT2D eigenvalue weighted by molar-refractivity contribution is -0.384. The number of carbonyl (C=O) groups is 2. The van der Waals surface area contributed by atoms with Crippen molar-refractivity contribution in [3.05, 3.63) is 28.1 Å². The van der Waals surface area contributed by atoms with E-state index in [1.165, 1.54) is 22.7 Å². The topological polar surface area (TPSA) is 106 Å². The zero-order valence-corrected chi connectivity index (χ0v) is 11.6. The molecule has 1 aromatic heterocycles. The molecular weight excluding hydrogens is 266 g/mol. The summed E-state index contributed by atoms with van der Waals surface area (Å²) in [6.07, 6.45) is 1.22. The van der Waals surface area contributed by atoms with Crippen LogP contribution in [0.3, 0.4) is 0 Å². The molecule has 1 aromatic rings. The highest BCUT2D eigenvalue weighted by Gasteiger charge is 2.24. The van der Waals surface area contributed by atoms with E-state index in [0.717, 1.165) is 6.07 Å². The minimum atomic E-state index is -1.12. The van der Waals surface area contributed by atoms with Gasteiger partial charge in [-0.2, -0.15) is 0 Å². The largest absolute Gasteiger partial charge is 0.480 e. The van der Waals surface area contributed by atoms with Crippen LogP contribution >= 0.6 is 0 Å². The van der Waals surface area contributed by atoms with Crippen molar-refractivity contribution in [2.75, 3.05) is 13.1 Å². The number of hydrogen-bond donors (Lipinski definition) is 1. The van der Waals surface area contributed by atoms with E-state index in [4.69, 9.17) is 5.11 Å². The molecule has 0 radical (unpaired) electrons. The van der Waals surface area contributed by atoms with E-state index in [9.17, 15) is 19.7 Å². The third-order valence-electron chi connectivity index (χ3n) is 2.62. The van der Waals surface area contributed by atoms with Gasteiger partial charge in [-0.3, -0.25) is 19.7 Å². The monoisotopic (exact) mass is 283 g/mol. The number of rotatable bonds is 6. The van der Waals surface area contributed by atoms with Gasteiger partial charge in [0.2, 0.25) is 0 Å². The van der Waals surface area contributed by atoms with E-state index in [0.29, 0.717) is 0 Å². The van der Waals surface area contributed by atoms with Gasteiger partial charge in [0.15, 0.2) is 0 Å². The number of aliphatic carboxylic acids is 1. The van der Waals surface area contributed by atoms with Crippen molar-refractivity contribution >= 4 is 17.6 Å². The number of hydrogen-bond acceptors (Lipinski definition) is 4. The quantitative estimate of drug-likeness (QED) is 0.622. The van der Waals surface area contributed by atoms with Crippen LogP contribution in [0.1, 0.15) is 24.3 Å². The van der Waals surface area contributed by atoms with E-state index in [1.807, 2.05) is 13.8 Å². The first-order valence-electron chi connectivity index (χ1n) is 6.04. The fourth-order valence-corrected chi connectivity index (χ4v) is 1.84. The lowest BCUT2D eigenvalue weighted by Crippen LogP contribution is -2.39. The fraction of sp³-hybridized carbons (Fsp3) is 0.500.